The maximum Gasteiger partial charge on any atom is 0.331 e. The number of hydrogen-bond donors (Lipinski definition) is 3. The Morgan fingerprint density at radius 2 is 2.12 bits per heavy atom. The summed E-state index contributed by atoms with van der Waals surface area (Å²) >= 11 is 1.06. The first-order valence-electron chi connectivity index (χ1n) is 10.1. The number of rotatable bonds is 10. The fourth-order valence-electron chi connectivity index (χ4n) is 3.04. The van der Waals surface area contributed by atoms with E-state index in [1.807, 2.05) is 25.8 Å². The quantitative estimate of drug-likeness (QED) is 0.295. The standard InChI is InChI=1S/C19H28N3O9PS/c1-5-17(2,3)15(25)33-9-8-29-32(28)30-10-12-14(24)18(4,27)19(11-20,31-12)22-7-6-13(23)21-16(22)26/h6-7,12,14,24,27,32H,5,8-10H2,1-4H3,(H,21,23,26)/t12-,14-,18-,19-/m1/s1. The predicted octanol–water partition coefficient (Wildman–Crippen LogP) is 0.343. The van der Waals surface area contributed by atoms with Crippen LogP contribution in [-0.4, -0.2) is 61.7 Å². The van der Waals surface area contributed by atoms with Crippen molar-refractivity contribution >= 4 is 25.1 Å². The molecule has 5 atom stereocenters. The molecule has 0 bridgehead atoms. The minimum atomic E-state index is -3.04. The molecule has 0 spiro atoms. The topological polar surface area (TPSA) is 181 Å². The number of nitrogens with one attached hydrogen (secondary N) is 1. The normalized spacial score (nSPS) is 28.4. The molecule has 1 aliphatic heterocycles. The lowest BCUT2D eigenvalue weighted by atomic mass is 9.88. The van der Waals surface area contributed by atoms with Gasteiger partial charge in [0, 0.05) is 23.4 Å². The maximum atomic E-state index is 12.2. The maximum absolute atomic E-state index is 12.2. The number of aliphatic hydroxyl groups excluding tert-OH is 1. The lowest BCUT2D eigenvalue weighted by molar-refractivity contribution is -0.151. The average Bonchev–Trinajstić information content (AvgIpc) is 2.95. The van der Waals surface area contributed by atoms with Crippen molar-refractivity contribution in [3.05, 3.63) is 33.1 Å². The fraction of sp³-hybridized carbons (Fsp3) is 0.684. The Bertz CT molecular complexity index is 1050. The lowest BCUT2D eigenvalue weighted by Gasteiger charge is -2.34. The zero-order valence-corrected chi connectivity index (χ0v) is 20.5. The molecule has 14 heteroatoms. The van der Waals surface area contributed by atoms with Crippen LogP contribution in [0, 0.1) is 16.7 Å². The summed E-state index contributed by atoms with van der Waals surface area (Å²) in [5, 5.41) is 31.1. The highest BCUT2D eigenvalue weighted by atomic mass is 32.2. The van der Waals surface area contributed by atoms with Gasteiger partial charge in [0.1, 0.15) is 18.3 Å². The number of H-pyrrole nitrogens is 1. The van der Waals surface area contributed by atoms with Crippen LogP contribution in [0.4, 0.5) is 0 Å². The molecule has 12 nitrogen and oxygen atoms in total. The van der Waals surface area contributed by atoms with Crippen LogP contribution >= 0.6 is 20.0 Å². The van der Waals surface area contributed by atoms with E-state index in [1.54, 1.807) is 6.07 Å². The van der Waals surface area contributed by atoms with E-state index >= 15 is 0 Å². The Hall–Kier alpha value is -1.78. The Labute approximate surface area is 194 Å². The van der Waals surface area contributed by atoms with Gasteiger partial charge >= 0.3 is 13.9 Å². The van der Waals surface area contributed by atoms with Gasteiger partial charge in [0.05, 0.1) is 13.2 Å². The second-order valence-electron chi connectivity index (χ2n) is 8.27. The number of hydrogen-bond acceptors (Lipinski definition) is 11. The molecule has 1 aromatic heterocycles. The predicted molar refractivity (Wildman–Crippen MR) is 119 cm³/mol. The van der Waals surface area contributed by atoms with Crippen molar-refractivity contribution in [3.63, 3.8) is 0 Å². The van der Waals surface area contributed by atoms with Crippen molar-refractivity contribution in [3.8, 4) is 6.07 Å². The summed E-state index contributed by atoms with van der Waals surface area (Å²) in [5.41, 5.74) is -6.91. The molecule has 1 unspecified atom stereocenters. The highest BCUT2D eigenvalue weighted by Gasteiger charge is 2.65. The largest absolute Gasteiger partial charge is 0.387 e. The first-order chi connectivity index (χ1) is 15.3. The van der Waals surface area contributed by atoms with Gasteiger partial charge in [0.15, 0.2) is 10.7 Å². The number of carbonyl (C=O) groups excluding carboxylic acids is 1. The van der Waals surface area contributed by atoms with Crippen LogP contribution in [0.15, 0.2) is 21.9 Å². The molecule has 0 saturated carbocycles. The van der Waals surface area contributed by atoms with Crippen LogP contribution in [-0.2, 0) is 28.9 Å². The van der Waals surface area contributed by atoms with Gasteiger partial charge in [0.2, 0.25) is 0 Å². The summed E-state index contributed by atoms with van der Waals surface area (Å²) in [6.45, 7) is 6.12. The SMILES string of the molecule is CCC(C)(C)C(=O)SCCO[PH](=O)OC[C@H]1O[C@@](C#N)(n2ccc(=O)[nH]c2=O)[C@](C)(O)[C@@H]1O. The van der Waals surface area contributed by atoms with E-state index in [9.17, 15) is 34.4 Å². The minimum absolute atomic E-state index is 0.00996. The highest BCUT2D eigenvalue weighted by Crippen LogP contribution is 2.43. The van der Waals surface area contributed by atoms with E-state index in [4.69, 9.17) is 13.8 Å². The molecule has 1 saturated heterocycles. The number of nitrogens with zero attached hydrogens (tertiary/aromatic N) is 2. The second kappa shape index (κ2) is 10.7. The molecule has 3 N–H and O–H groups in total. The van der Waals surface area contributed by atoms with Crippen molar-refractivity contribution in [2.45, 2.75) is 57.6 Å². The third-order valence-electron chi connectivity index (χ3n) is 5.59. The lowest BCUT2D eigenvalue weighted by Crippen LogP contribution is -2.58. The van der Waals surface area contributed by atoms with E-state index in [-0.39, 0.29) is 17.5 Å². The van der Waals surface area contributed by atoms with Crippen molar-refractivity contribution in [2.24, 2.45) is 5.41 Å². The third-order valence-corrected chi connectivity index (χ3v) is 7.62. The van der Waals surface area contributed by atoms with E-state index in [0.717, 1.165) is 30.9 Å². The first-order valence-corrected chi connectivity index (χ1v) is 12.3. The zero-order valence-electron chi connectivity index (χ0n) is 18.7. The monoisotopic (exact) mass is 505 g/mol. The van der Waals surface area contributed by atoms with Gasteiger partial charge in [-0.15, -0.1) is 0 Å². The van der Waals surface area contributed by atoms with Gasteiger partial charge in [-0.3, -0.25) is 23.7 Å². The van der Waals surface area contributed by atoms with Gasteiger partial charge in [-0.25, -0.2) is 4.79 Å². The summed E-state index contributed by atoms with van der Waals surface area (Å²) in [7, 11) is -3.04. The molecule has 1 aromatic rings. The molecule has 33 heavy (non-hydrogen) atoms. The van der Waals surface area contributed by atoms with Crippen LogP contribution in [0.25, 0.3) is 0 Å². The molecule has 184 valence electrons. The van der Waals surface area contributed by atoms with E-state index in [2.05, 4.69) is 0 Å². The average molecular weight is 505 g/mol. The molecule has 0 radical (unpaired) electrons. The molecule has 1 aliphatic rings. The van der Waals surface area contributed by atoms with E-state index in [0.29, 0.717) is 11.0 Å². The number of aliphatic hydroxyl groups is 2. The zero-order chi connectivity index (χ0) is 25.0. The number of aromatic nitrogens is 2. The number of thioether (sulfide) groups is 1. The van der Waals surface area contributed by atoms with Gasteiger partial charge < -0.3 is 24.0 Å². The molecule has 2 heterocycles. The summed E-state index contributed by atoms with van der Waals surface area (Å²) in [4.78, 5) is 37.5. The molecular formula is C19H28N3O9PS. The fourth-order valence-corrected chi connectivity index (χ4v) is 4.73. The van der Waals surface area contributed by atoms with E-state index < -0.39 is 55.1 Å². The first kappa shape index (κ1) is 27.5. The Balaban J connectivity index is 1.99. The molecule has 0 aromatic carbocycles. The summed E-state index contributed by atoms with van der Waals surface area (Å²) < 4.78 is 28.4. The van der Waals surface area contributed by atoms with Crippen molar-refractivity contribution in [1.82, 2.24) is 9.55 Å². The Kier molecular flexibility index (Phi) is 8.86. The smallest absolute Gasteiger partial charge is 0.331 e. The molecule has 1 fully saturated rings. The number of nitriles is 1. The number of ether oxygens (including phenoxy) is 1. The Morgan fingerprint density at radius 1 is 1.45 bits per heavy atom. The van der Waals surface area contributed by atoms with Crippen LogP contribution in [0.3, 0.4) is 0 Å². The second-order valence-corrected chi connectivity index (χ2v) is 10.4. The Morgan fingerprint density at radius 3 is 2.70 bits per heavy atom. The number of carbonyl (C=O) groups is 1. The summed E-state index contributed by atoms with van der Waals surface area (Å²) in [5.74, 6) is 0.270. The van der Waals surface area contributed by atoms with Gasteiger partial charge in [-0.1, -0.05) is 32.5 Å². The molecule has 0 aliphatic carbocycles. The summed E-state index contributed by atoms with van der Waals surface area (Å²) in [6.07, 6.45) is -1.42. The van der Waals surface area contributed by atoms with Crippen LogP contribution in [0.2, 0.25) is 0 Å². The molecule has 2 rings (SSSR count). The van der Waals surface area contributed by atoms with Crippen LogP contribution < -0.4 is 11.2 Å². The van der Waals surface area contributed by atoms with Crippen molar-refractivity contribution in [2.75, 3.05) is 19.0 Å². The molecular weight excluding hydrogens is 477 g/mol. The van der Waals surface area contributed by atoms with Gasteiger partial charge in [-0.2, -0.15) is 5.26 Å². The van der Waals surface area contributed by atoms with Crippen LogP contribution in [0.1, 0.15) is 34.1 Å². The van der Waals surface area contributed by atoms with Gasteiger partial charge in [-0.05, 0) is 13.3 Å². The highest BCUT2D eigenvalue weighted by molar-refractivity contribution is 8.13. The van der Waals surface area contributed by atoms with Crippen LogP contribution in [0.5, 0.6) is 0 Å². The number of aromatic amines is 1. The van der Waals surface area contributed by atoms with Crippen molar-refractivity contribution in [1.29, 1.82) is 5.26 Å². The van der Waals surface area contributed by atoms with Crippen molar-refractivity contribution < 1.29 is 33.4 Å². The summed E-state index contributed by atoms with van der Waals surface area (Å²) in [6, 6.07) is 2.63. The minimum Gasteiger partial charge on any atom is -0.387 e. The van der Waals surface area contributed by atoms with E-state index in [1.165, 1.54) is 0 Å². The third kappa shape index (κ3) is 5.66. The van der Waals surface area contributed by atoms with Gasteiger partial charge in [0.25, 0.3) is 11.3 Å². The molecule has 0 amide bonds.